The van der Waals surface area contributed by atoms with Gasteiger partial charge in [-0.15, -0.1) is 0 Å². The van der Waals surface area contributed by atoms with Gasteiger partial charge in [-0.3, -0.25) is 9.78 Å². The molecule has 0 spiro atoms. The van der Waals surface area contributed by atoms with Crippen LogP contribution >= 0.6 is 0 Å². The molecule has 1 aliphatic carbocycles. The topological polar surface area (TPSA) is 55.0 Å². The summed E-state index contributed by atoms with van der Waals surface area (Å²) >= 11 is 0. The average Bonchev–Trinajstić information content (AvgIpc) is 2.96. The van der Waals surface area contributed by atoms with Crippen LogP contribution in [0.2, 0.25) is 0 Å². The zero-order chi connectivity index (χ0) is 14.7. The van der Waals surface area contributed by atoms with Gasteiger partial charge in [-0.1, -0.05) is 12.2 Å². The van der Waals surface area contributed by atoms with Gasteiger partial charge in [0.2, 0.25) is 0 Å². The molecule has 0 saturated carbocycles. The molecule has 2 aromatic heterocycles. The number of fused-ring (bicyclic) bond motifs is 1. The van der Waals surface area contributed by atoms with Crippen molar-refractivity contribution in [1.82, 2.24) is 9.97 Å². The van der Waals surface area contributed by atoms with Gasteiger partial charge in [0.1, 0.15) is 0 Å². The number of ether oxygens (including phenoxy) is 1. The quantitative estimate of drug-likeness (QED) is 0.858. The smallest absolute Gasteiger partial charge is 0.255 e. The van der Waals surface area contributed by atoms with Crippen molar-refractivity contribution in [3.63, 3.8) is 0 Å². The molecular formula is C17H18N2O2. The lowest BCUT2D eigenvalue weighted by Crippen LogP contribution is -2.09. The van der Waals surface area contributed by atoms with Gasteiger partial charge >= 0.3 is 0 Å². The third-order valence-corrected chi connectivity index (χ3v) is 3.68. The number of aromatic nitrogens is 2. The molecule has 2 heterocycles. The highest BCUT2D eigenvalue weighted by atomic mass is 16.5. The van der Waals surface area contributed by atoms with Gasteiger partial charge in [0.05, 0.1) is 5.69 Å². The molecule has 0 unspecified atom stereocenters. The summed E-state index contributed by atoms with van der Waals surface area (Å²) in [6.45, 7) is 0.721. The molecule has 3 rings (SSSR count). The Hall–Kier alpha value is -2.20. The number of hydrogen-bond donors (Lipinski definition) is 1. The third kappa shape index (κ3) is 2.81. The number of aryl methyl sites for hydroxylation is 1. The Balaban J connectivity index is 2.04. The molecule has 1 aliphatic rings. The van der Waals surface area contributed by atoms with Crippen molar-refractivity contribution in [3.05, 3.63) is 57.8 Å². The number of pyridine rings is 2. The predicted octanol–water partition coefficient (Wildman–Crippen LogP) is 2.59. The van der Waals surface area contributed by atoms with Crippen LogP contribution in [0, 0.1) is 0 Å². The van der Waals surface area contributed by atoms with Crippen LogP contribution in [0.5, 0.6) is 0 Å². The largest absolute Gasteiger partial charge is 0.385 e. The highest BCUT2D eigenvalue weighted by Crippen LogP contribution is 2.29. The van der Waals surface area contributed by atoms with Crippen molar-refractivity contribution in [2.75, 3.05) is 13.7 Å². The van der Waals surface area contributed by atoms with Crippen LogP contribution in [0.15, 0.2) is 35.3 Å². The first kappa shape index (κ1) is 13.8. The summed E-state index contributed by atoms with van der Waals surface area (Å²) in [7, 11) is 1.70. The summed E-state index contributed by atoms with van der Waals surface area (Å²) in [5.74, 6) is 0. The molecule has 4 nitrogen and oxygen atoms in total. The van der Waals surface area contributed by atoms with E-state index >= 15 is 0 Å². The van der Waals surface area contributed by atoms with Crippen LogP contribution in [0.4, 0.5) is 0 Å². The molecule has 4 heteroatoms. The van der Waals surface area contributed by atoms with E-state index in [1.807, 2.05) is 18.2 Å². The monoisotopic (exact) mass is 282 g/mol. The lowest BCUT2D eigenvalue weighted by atomic mass is 9.99. The van der Waals surface area contributed by atoms with E-state index < -0.39 is 0 Å². The molecule has 0 amide bonds. The maximum Gasteiger partial charge on any atom is 0.255 e. The molecule has 0 radical (unpaired) electrons. The molecule has 21 heavy (non-hydrogen) atoms. The summed E-state index contributed by atoms with van der Waals surface area (Å²) in [6.07, 6.45) is 8.44. The Kier molecular flexibility index (Phi) is 3.97. The number of hydrogen-bond acceptors (Lipinski definition) is 3. The molecule has 0 saturated heterocycles. The van der Waals surface area contributed by atoms with Crippen molar-refractivity contribution in [3.8, 4) is 11.1 Å². The second-order valence-corrected chi connectivity index (χ2v) is 5.14. The number of H-pyrrole nitrogens is 1. The highest BCUT2D eigenvalue weighted by molar-refractivity contribution is 5.78. The molecule has 0 bridgehead atoms. The zero-order valence-electron chi connectivity index (χ0n) is 12.1. The first-order valence-electron chi connectivity index (χ1n) is 7.16. The standard InChI is InChI=1S/C17H18N2O2/c1-21-10-4-5-12-11-15(13-6-2-8-16(13)19-12)14-7-3-9-18-17(14)20/h2-3,6-7,9,11H,4-5,8,10H2,1H3,(H,18,20). The molecule has 1 N–H and O–H groups in total. The van der Waals surface area contributed by atoms with Crippen LogP contribution in [-0.2, 0) is 17.6 Å². The summed E-state index contributed by atoms with van der Waals surface area (Å²) in [5, 5.41) is 0. The van der Waals surface area contributed by atoms with Crippen LogP contribution in [0.1, 0.15) is 23.4 Å². The summed E-state index contributed by atoms with van der Waals surface area (Å²) in [5.41, 5.74) is 4.77. The molecule has 108 valence electrons. The minimum atomic E-state index is -0.0611. The van der Waals surface area contributed by atoms with E-state index in [-0.39, 0.29) is 5.56 Å². The predicted molar refractivity (Wildman–Crippen MR) is 83.2 cm³/mol. The van der Waals surface area contributed by atoms with Crippen molar-refractivity contribution < 1.29 is 4.74 Å². The summed E-state index contributed by atoms with van der Waals surface area (Å²) in [6, 6.07) is 5.75. The number of nitrogens with one attached hydrogen (secondary N) is 1. The fourth-order valence-corrected chi connectivity index (χ4v) is 2.68. The molecule has 0 aromatic carbocycles. The SMILES string of the molecule is COCCCc1cc(-c2ccc[nH]c2=O)c2c(n1)CC=C2. The molecule has 0 atom stereocenters. The lowest BCUT2D eigenvalue weighted by molar-refractivity contribution is 0.195. The second kappa shape index (κ2) is 6.06. The first-order valence-corrected chi connectivity index (χ1v) is 7.16. The minimum absolute atomic E-state index is 0.0611. The van der Waals surface area contributed by atoms with E-state index in [9.17, 15) is 4.79 Å². The molecule has 2 aromatic rings. The minimum Gasteiger partial charge on any atom is -0.385 e. The van der Waals surface area contributed by atoms with Gasteiger partial charge in [-0.2, -0.15) is 0 Å². The Morgan fingerprint density at radius 3 is 3.10 bits per heavy atom. The van der Waals surface area contributed by atoms with E-state index in [1.165, 1.54) is 0 Å². The summed E-state index contributed by atoms with van der Waals surface area (Å²) < 4.78 is 5.10. The third-order valence-electron chi connectivity index (χ3n) is 3.68. The fourth-order valence-electron chi connectivity index (χ4n) is 2.68. The van der Waals surface area contributed by atoms with E-state index in [2.05, 4.69) is 17.1 Å². The van der Waals surface area contributed by atoms with E-state index in [1.54, 1.807) is 13.3 Å². The van der Waals surface area contributed by atoms with Crippen molar-refractivity contribution in [1.29, 1.82) is 0 Å². The van der Waals surface area contributed by atoms with Gasteiger partial charge < -0.3 is 9.72 Å². The maximum absolute atomic E-state index is 12.1. The van der Waals surface area contributed by atoms with Crippen LogP contribution in [0.25, 0.3) is 17.2 Å². The zero-order valence-corrected chi connectivity index (χ0v) is 12.1. The molecule has 0 fully saturated rings. The number of nitrogens with zero attached hydrogens (tertiary/aromatic N) is 1. The number of allylic oxidation sites excluding steroid dienone is 1. The Labute approximate surface area is 123 Å². The van der Waals surface area contributed by atoms with E-state index in [0.717, 1.165) is 48.4 Å². The van der Waals surface area contributed by atoms with Gasteiger partial charge in [0.25, 0.3) is 5.56 Å². The highest BCUT2D eigenvalue weighted by Gasteiger charge is 2.16. The number of rotatable bonds is 5. The van der Waals surface area contributed by atoms with Gasteiger partial charge in [-0.25, -0.2) is 0 Å². The Morgan fingerprint density at radius 1 is 1.38 bits per heavy atom. The van der Waals surface area contributed by atoms with Crippen LogP contribution in [0.3, 0.4) is 0 Å². The normalized spacial score (nSPS) is 12.6. The van der Waals surface area contributed by atoms with Crippen LogP contribution < -0.4 is 5.56 Å². The van der Waals surface area contributed by atoms with Crippen molar-refractivity contribution in [2.24, 2.45) is 0 Å². The number of aromatic amines is 1. The second-order valence-electron chi connectivity index (χ2n) is 5.14. The molecular weight excluding hydrogens is 264 g/mol. The lowest BCUT2D eigenvalue weighted by Gasteiger charge is -2.10. The van der Waals surface area contributed by atoms with E-state index in [0.29, 0.717) is 5.56 Å². The van der Waals surface area contributed by atoms with Gasteiger partial charge in [-0.05, 0) is 36.6 Å². The van der Waals surface area contributed by atoms with Crippen molar-refractivity contribution in [2.45, 2.75) is 19.3 Å². The first-order chi connectivity index (χ1) is 10.3. The van der Waals surface area contributed by atoms with Gasteiger partial charge in [0, 0.05) is 43.2 Å². The van der Waals surface area contributed by atoms with Crippen molar-refractivity contribution >= 4 is 6.08 Å². The van der Waals surface area contributed by atoms with Gasteiger partial charge in [0.15, 0.2) is 0 Å². The maximum atomic E-state index is 12.1. The van der Waals surface area contributed by atoms with Crippen LogP contribution in [-0.4, -0.2) is 23.7 Å². The summed E-state index contributed by atoms with van der Waals surface area (Å²) in [4.78, 5) is 19.5. The fraction of sp³-hybridized carbons (Fsp3) is 0.294. The Morgan fingerprint density at radius 2 is 2.29 bits per heavy atom. The molecule has 0 aliphatic heterocycles. The Bertz CT molecular complexity index is 732. The average molecular weight is 282 g/mol. The number of methoxy groups -OCH3 is 1. The van der Waals surface area contributed by atoms with E-state index in [4.69, 9.17) is 9.72 Å².